The van der Waals surface area contributed by atoms with Crippen LogP contribution in [0, 0.1) is 0 Å². The summed E-state index contributed by atoms with van der Waals surface area (Å²) in [5.41, 5.74) is 0. The average Bonchev–Trinajstić information content (AvgIpc) is 2.04. The predicted molar refractivity (Wildman–Crippen MR) is 54.9 cm³/mol. The fourth-order valence-electron chi connectivity index (χ4n) is 0.963. The fraction of sp³-hybridized carbons (Fsp3) is 1.00. The molecule has 2 atom stereocenters. The summed E-state index contributed by atoms with van der Waals surface area (Å²) in [6, 6.07) is 0.557. The van der Waals surface area contributed by atoms with E-state index in [0.717, 1.165) is 19.4 Å². The summed E-state index contributed by atoms with van der Waals surface area (Å²) < 4.78 is 5.52. The Morgan fingerprint density at radius 1 is 1.23 bits per heavy atom. The summed E-state index contributed by atoms with van der Waals surface area (Å²) in [6.07, 6.45) is 1.96. The molecule has 0 radical (unpaired) electrons. The zero-order valence-corrected chi connectivity index (χ0v) is 9.29. The fourth-order valence-corrected chi connectivity index (χ4v) is 0.963. The van der Waals surface area contributed by atoms with Gasteiger partial charge in [0.25, 0.3) is 0 Å². The molecule has 0 heterocycles. The summed E-state index contributed by atoms with van der Waals surface area (Å²) in [5, 5.41) is 8.65. The second kappa shape index (κ2) is 7.30. The van der Waals surface area contributed by atoms with E-state index in [1.54, 1.807) is 0 Å². The third-order valence-electron chi connectivity index (χ3n) is 2.36. The van der Waals surface area contributed by atoms with E-state index in [1.807, 2.05) is 6.92 Å². The second-order valence-corrected chi connectivity index (χ2v) is 3.79. The lowest BCUT2D eigenvalue weighted by atomic mass is 10.2. The highest BCUT2D eigenvalue weighted by atomic mass is 16.5. The van der Waals surface area contributed by atoms with E-state index in [4.69, 9.17) is 9.84 Å². The molecule has 0 rings (SSSR count). The summed E-state index contributed by atoms with van der Waals surface area (Å²) in [7, 11) is 4.14. The molecule has 0 aromatic rings. The third kappa shape index (κ3) is 6.99. The molecule has 80 valence electrons. The van der Waals surface area contributed by atoms with Gasteiger partial charge in [0.05, 0.1) is 6.10 Å². The lowest BCUT2D eigenvalue weighted by Crippen LogP contribution is -2.26. The quantitative estimate of drug-likeness (QED) is 0.651. The minimum atomic E-state index is 0.180. The molecule has 1 N–H and O–H groups in total. The van der Waals surface area contributed by atoms with E-state index in [2.05, 4.69) is 25.9 Å². The number of hydrogen-bond acceptors (Lipinski definition) is 3. The van der Waals surface area contributed by atoms with Gasteiger partial charge in [-0.25, -0.2) is 0 Å². The van der Waals surface area contributed by atoms with Crippen molar-refractivity contribution >= 4 is 0 Å². The molecule has 2 unspecified atom stereocenters. The molecule has 0 aliphatic carbocycles. The Bertz CT molecular complexity index is 117. The minimum absolute atomic E-state index is 0.180. The Hall–Kier alpha value is -0.120. The Labute approximate surface area is 81.7 Å². The maximum atomic E-state index is 8.65. The second-order valence-electron chi connectivity index (χ2n) is 3.79. The molecule has 0 saturated heterocycles. The van der Waals surface area contributed by atoms with E-state index in [1.165, 1.54) is 0 Å². The number of aliphatic hydroxyl groups excluding tert-OH is 1. The Kier molecular flexibility index (Phi) is 7.23. The summed E-state index contributed by atoms with van der Waals surface area (Å²) in [6.45, 7) is 5.17. The molecule has 0 amide bonds. The normalized spacial score (nSPS) is 16.2. The number of hydrogen-bond donors (Lipinski definition) is 1. The van der Waals surface area contributed by atoms with Gasteiger partial charge in [0.15, 0.2) is 0 Å². The molecule has 3 heteroatoms. The Morgan fingerprint density at radius 3 is 2.31 bits per heavy atom. The van der Waals surface area contributed by atoms with Gasteiger partial charge in [-0.15, -0.1) is 0 Å². The number of ether oxygens (including phenoxy) is 1. The van der Waals surface area contributed by atoms with Crippen LogP contribution in [-0.4, -0.2) is 49.5 Å². The van der Waals surface area contributed by atoms with Crippen LogP contribution in [0.3, 0.4) is 0 Å². The Balaban J connectivity index is 3.33. The van der Waals surface area contributed by atoms with Crippen LogP contribution in [0.2, 0.25) is 0 Å². The monoisotopic (exact) mass is 189 g/mol. The maximum Gasteiger partial charge on any atom is 0.0568 e. The summed E-state index contributed by atoms with van der Waals surface area (Å²) >= 11 is 0. The molecular weight excluding hydrogens is 166 g/mol. The lowest BCUT2D eigenvalue weighted by molar-refractivity contribution is 0.0381. The third-order valence-corrected chi connectivity index (χ3v) is 2.36. The van der Waals surface area contributed by atoms with Crippen molar-refractivity contribution < 1.29 is 9.84 Å². The summed E-state index contributed by atoms with van der Waals surface area (Å²) in [4.78, 5) is 2.18. The van der Waals surface area contributed by atoms with Gasteiger partial charge < -0.3 is 14.7 Å². The van der Waals surface area contributed by atoms with Crippen molar-refractivity contribution in [2.45, 2.75) is 38.8 Å². The molecular formula is C10H23NO2. The smallest absolute Gasteiger partial charge is 0.0568 e. The zero-order valence-electron chi connectivity index (χ0n) is 9.29. The molecule has 0 aliphatic heterocycles. The van der Waals surface area contributed by atoms with Crippen LogP contribution in [0.15, 0.2) is 0 Å². The van der Waals surface area contributed by atoms with Crippen LogP contribution in [0.1, 0.15) is 26.7 Å². The molecule has 0 aliphatic rings. The first-order valence-electron chi connectivity index (χ1n) is 4.96. The number of nitrogens with zero attached hydrogens (tertiary/aromatic N) is 1. The molecule has 0 spiro atoms. The number of aliphatic hydroxyl groups is 1. The SMILES string of the molecule is CC(CCO)OCCC(C)N(C)C. The first kappa shape index (κ1) is 12.9. The van der Waals surface area contributed by atoms with E-state index in [-0.39, 0.29) is 12.7 Å². The Morgan fingerprint density at radius 2 is 1.85 bits per heavy atom. The molecule has 13 heavy (non-hydrogen) atoms. The topological polar surface area (TPSA) is 32.7 Å². The van der Waals surface area contributed by atoms with Crippen molar-refractivity contribution in [1.82, 2.24) is 4.90 Å². The van der Waals surface area contributed by atoms with Gasteiger partial charge in [-0.1, -0.05) is 0 Å². The minimum Gasteiger partial charge on any atom is -0.396 e. The molecule has 0 bridgehead atoms. The maximum absolute atomic E-state index is 8.65. The van der Waals surface area contributed by atoms with Gasteiger partial charge in [-0.05, 0) is 40.8 Å². The molecule has 0 aromatic heterocycles. The van der Waals surface area contributed by atoms with E-state index in [0.29, 0.717) is 6.04 Å². The number of rotatable bonds is 7. The van der Waals surface area contributed by atoms with Crippen LogP contribution < -0.4 is 0 Å². The van der Waals surface area contributed by atoms with Gasteiger partial charge >= 0.3 is 0 Å². The van der Waals surface area contributed by atoms with Gasteiger partial charge in [-0.3, -0.25) is 0 Å². The van der Waals surface area contributed by atoms with Crippen LogP contribution in [0.4, 0.5) is 0 Å². The standard InChI is InChI=1S/C10H23NO2/c1-9(11(3)4)6-8-13-10(2)5-7-12/h9-10,12H,5-8H2,1-4H3. The van der Waals surface area contributed by atoms with Crippen LogP contribution >= 0.6 is 0 Å². The van der Waals surface area contributed by atoms with Gasteiger partial charge in [-0.2, -0.15) is 0 Å². The van der Waals surface area contributed by atoms with Crippen molar-refractivity contribution in [3.05, 3.63) is 0 Å². The molecule has 0 fully saturated rings. The highest BCUT2D eigenvalue weighted by molar-refractivity contribution is 4.59. The largest absolute Gasteiger partial charge is 0.396 e. The highest BCUT2D eigenvalue weighted by Crippen LogP contribution is 2.02. The van der Waals surface area contributed by atoms with Crippen LogP contribution in [0.25, 0.3) is 0 Å². The van der Waals surface area contributed by atoms with Crippen LogP contribution in [-0.2, 0) is 4.74 Å². The van der Waals surface area contributed by atoms with Gasteiger partial charge in [0, 0.05) is 19.3 Å². The van der Waals surface area contributed by atoms with Gasteiger partial charge in [0.2, 0.25) is 0 Å². The zero-order chi connectivity index (χ0) is 10.3. The van der Waals surface area contributed by atoms with Crippen molar-refractivity contribution in [2.24, 2.45) is 0 Å². The lowest BCUT2D eigenvalue weighted by Gasteiger charge is -2.20. The van der Waals surface area contributed by atoms with E-state index < -0.39 is 0 Å². The van der Waals surface area contributed by atoms with Crippen molar-refractivity contribution in [1.29, 1.82) is 0 Å². The van der Waals surface area contributed by atoms with Crippen molar-refractivity contribution in [3.8, 4) is 0 Å². The molecule has 3 nitrogen and oxygen atoms in total. The summed E-state index contributed by atoms with van der Waals surface area (Å²) in [5.74, 6) is 0. The first-order valence-corrected chi connectivity index (χ1v) is 4.96. The molecule has 0 saturated carbocycles. The van der Waals surface area contributed by atoms with E-state index in [9.17, 15) is 0 Å². The average molecular weight is 189 g/mol. The highest BCUT2D eigenvalue weighted by Gasteiger charge is 2.05. The first-order chi connectivity index (χ1) is 6.07. The molecule has 0 aromatic carbocycles. The van der Waals surface area contributed by atoms with Crippen molar-refractivity contribution in [2.75, 3.05) is 27.3 Å². The van der Waals surface area contributed by atoms with Crippen LogP contribution in [0.5, 0.6) is 0 Å². The predicted octanol–water partition coefficient (Wildman–Crippen LogP) is 1.11. The van der Waals surface area contributed by atoms with E-state index >= 15 is 0 Å². The van der Waals surface area contributed by atoms with Crippen molar-refractivity contribution in [3.63, 3.8) is 0 Å². The van der Waals surface area contributed by atoms with Gasteiger partial charge in [0.1, 0.15) is 0 Å².